The van der Waals surface area contributed by atoms with Crippen molar-refractivity contribution in [2.75, 3.05) is 5.73 Å². The molecule has 1 aromatic heterocycles. The summed E-state index contributed by atoms with van der Waals surface area (Å²) in [6.45, 7) is 0.305. The van der Waals surface area contributed by atoms with Gasteiger partial charge in [-0.2, -0.15) is 0 Å². The number of ketones is 1. The maximum absolute atomic E-state index is 11.8. The summed E-state index contributed by atoms with van der Waals surface area (Å²) in [7, 11) is 0. The quantitative estimate of drug-likeness (QED) is 0.554. The van der Waals surface area contributed by atoms with Crippen LogP contribution in [-0.4, -0.2) is 5.78 Å². The predicted molar refractivity (Wildman–Crippen MR) is 59.7 cm³/mol. The first kappa shape index (κ1) is 12.9. The number of carbonyl (C=O) groups is 1. The van der Waals surface area contributed by atoms with Gasteiger partial charge in [0.2, 0.25) is 5.78 Å². The minimum Gasteiger partial charge on any atom is -1.00 e. The summed E-state index contributed by atoms with van der Waals surface area (Å²) in [5, 5.41) is 2.52. The summed E-state index contributed by atoms with van der Waals surface area (Å²) in [5.41, 5.74) is 6.41. The fourth-order valence-electron chi connectivity index (χ4n) is 1.32. The lowest BCUT2D eigenvalue weighted by molar-refractivity contribution is -0.664. The average molecular weight is 299 g/mol. The highest BCUT2D eigenvalue weighted by Crippen LogP contribution is 2.05. The highest BCUT2D eigenvalue weighted by molar-refractivity contribution is 7.12. The van der Waals surface area contributed by atoms with Gasteiger partial charge in [-0.15, -0.1) is 0 Å². The number of Topliss-reactive ketones (excluding diaryl/α,β-unsaturated/α-hetero) is 1. The summed E-state index contributed by atoms with van der Waals surface area (Å²) in [6, 6.07) is 9.23. The Labute approximate surface area is 108 Å². The van der Waals surface area contributed by atoms with Gasteiger partial charge >= 0.3 is 5.13 Å². The lowest BCUT2D eigenvalue weighted by Crippen LogP contribution is -3.00. The maximum Gasteiger partial charge on any atom is 0.332 e. The predicted octanol–water partition coefficient (Wildman–Crippen LogP) is -1.50. The smallest absolute Gasteiger partial charge is 0.332 e. The molecular weight excluding hydrogens is 288 g/mol. The number of nitrogen functional groups attached to an aromatic ring is 1. The first-order valence-electron chi connectivity index (χ1n) is 4.58. The highest BCUT2D eigenvalue weighted by atomic mass is 79.9. The topological polar surface area (TPSA) is 47.0 Å². The molecule has 3 nitrogen and oxygen atoms in total. The summed E-state index contributed by atoms with van der Waals surface area (Å²) in [6.07, 6.45) is 1.82. The molecule has 0 atom stereocenters. The second-order valence-corrected chi connectivity index (χ2v) is 4.08. The number of hydrogen-bond acceptors (Lipinski definition) is 3. The molecule has 2 N–H and O–H groups in total. The molecule has 0 spiro atoms. The molecule has 0 radical (unpaired) electrons. The Kier molecular flexibility index (Phi) is 4.64. The van der Waals surface area contributed by atoms with Gasteiger partial charge in [-0.3, -0.25) is 10.5 Å². The van der Waals surface area contributed by atoms with Crippen LogP contribution in [0.3, 0.4) is 0 Å². The number of rotatable bonds is 3. The lowest BCUT2D eigenvalue weighted by Gasteiger charge is -1.98. The normalized spacial score (nSPS) is 9.50. The van der Waals surface area contributed by atoms with Crippen molar-refractivity contribution in [2.45, 2.75) is 6.54 Å². The van der Waals surface area contributed by atoms with Crippen LogP contribution in [0.1, 0.15) is 10.4 Å². The summed E-state index contributed by atoms with van der Waals surface area (Å²) in [5.74, 6) is 0.0747. The van der Waals surface area contributed by atoms with E-state index in [1.54, 1.807) is 4.57 Å². The fraction of sp³-hybridized carbons (Fsp3) is 0.0909. The van der Waals surface area contributed by atoms with Gasteiger partial charge in [0, 0.05) is 10.9 Å². The standard InChI is InChI=1S/C11H10N2OS.BrH/c12-11-13(6-7-15-11)8-10(14)9-4-2-1-3-5-9;/h1-7,12H,8H2;1H. The minimum absolute atomic E-state index is 0. The lowest BCUT2D eigenvalue weighted by atomic mass is 10.1. The molecule has 0 aliphatic heterocycles. The van der Waals surface area contributed by atoms with Crippen molar-refractivity contribution in [3.05, 3.63) is 47.5 Å². The van der Waals surface area contributed by atoms with Crippen LogP contribution in [0.25, 0.3) is 0 Å². The molecule has 16 heavy (non-hydrogen) atoms. The zero-order valence-electron chi connectivity index (χ0n) is 8.47. The van der Waals surface area contributed by atoms with E-state index in [0.717, 1.165) is 5.56 Å². The fourth-order valence-corrected chi connectivity index (χ4v) is 1.92. The number of anilines is 1. The summed E-state index contributed by atoms with van der Waals surface area (Å²) >= 11 is 1.43. The van der Waals surface area contributed by atoms with Crippen LogP contribution >= 0.6 is 11.3 Å². The molecule has 0 amide bonds. The van der Waals surface area contributed by atoms with E-state index in [1.165, 1.54) is 11.3 Å². The highest BCUT2D eigenvalue weighted by Gasteiger charge is 2.12. The van der Waals surface area contributed by atoms with E-state index in [-0.39, 0.29) is 22.8 Å². The first-order chi connectivity index (χ1) is 7.27. The van der Waals surface area contributed by atoms with E-state index >= 15 is 0 Å². The third-order valence-corrected chi connectivity index (χ3v) is 2.86. The molecule has 0 saturated heterocycles. The Morgan fingerprint density at radius 2 is 2.00 bits per heavy atom. The van der Waals surface area contributed by atoms with Crippen molar-refractivity contribution in [2.24, 2.45) is 0 Å². The molecule has 0 unspecified atom stereocenters. The molecule has 5 heteroatoms. The van der Waals surface area contributed by atoms with Crippen molar-refractivity contribution in [1.29, 1.82) is 0 Å². The van der Waals surface area contributed by atoms with E-state index in [2.05, 4.69) is 0 Å². The molecular formula is C11H11BrN2OS. The third-order valence-electron chi connectivity index (χ3n) is 2.12. The van der Waals surface area contributed by atoms with Gasteiger partial charge in [-0.1, -0.05) is 41.7 Å². The summed E-state index contributed by atoms with van der Waals surface area (Å²) < 4.78 is 1.75. The van der Waals surface area contributed by atoms with Crippen molar-refractivity contribution in [1.82, 2.24) is 0 Å². The maximum atomic E-state index is 11.8. The number of thiazole rings is 1. The Hall–Kier alpha value is -1.20. The molecule has 0 aliphatic rings. The number of hydrogen-bond donors (Lipinski definition) is 1. The monoisotopic (exact) mass is 298 g/mol. The SMILES string of the molecule is Nc1scc[n+]1CC(=O)c1ccccc1.[Br-]. The van der Waals surface area contributed by atoms with E-state index in [0.29, 0.717) is 11.7 Å². The molecule has 2 aromatic rings. The molecule has 0 aliphatic carbocycles. The number of benzene rings is 1. The number of aromatic nitrogens is 1. The van der Waals surface area contributed by atoms with Crippen LogP contribution < -0.4 is 27.3 Å². The van der Waals surface area contributed by atoms with Crippen LogP contribution in [0, 0.1) is 0 Å². The Bertz CT molecular complexity index is 470. The van der Waals surface area contributed by atoms with Crippen LogP contribution in [-0.2, 0) is 6.54 Å². The van der Waals surface area contributed by atoms with Crippen LogP contribution in [0.15, 0.2) is 41.9 Å². The van der Waals surface area contributed by atoms with Gasteiger partial charge in [-0.25, -0.2) is 4.57 Å². The zero-order chi connectivity index (χ0) is 10.7. The Morgan fingerprint density at radius 1 is 1.31 bits per heavy atom. The van der Waals surface area contributed by atoms with E-state index in [1.807, 2.05) is 41.9 Å². The van der Waals surface area contributed by atoms with Gasteiger partial charge in [0.1, 0.15) is 6.20 Å². The average Bonchev–Trinajstić information content (AvgIpc) is 2.66. The van der Waals surface area contributed by atoms with Gasteiger partial charge in [0.05, 0.1) is 0 Å². The third kappa shape index (κ3) is 2.90. The molecule has 0 fully saturated rings. The van der Waals surface area contributed by atoms with Gasteiger partial charge in [-0.05, 0) is 0 Å². The number of carbonyl (C=O) groups excluding carboxylic acids is 1. The summed E-state index contributed by atoms with van der Waals surface area (Å²) in [4.78, 5) is 11.8. The van der Waals surface area contributed by atoms with Crippen LogP contribution in [0.4, 0.5) is 5.13 Å². The van der Waals surface area contributed by atoms with Crippen molar-refractivity contribution in [3.63, 3.8) is 0 Å². The van der Waals surface area contributed by atoms with Crippen LogP contribution in [0.2, 0.25) is 0 Å². The molecule has 2 rings (SSSR count). The van der Waals surface area contributed by atoms with Crippen LogP contribution in [0.5, 0.6) is 0 Å². The van der Waals surface area contributed by atoms with Gasteiger partial charge in [0.15, 0.2) is 6.54 Å². The van der Waals surface area contributed by atoms with Gasteiger partial charge < -0.3 is 17.0 Å². The molecule has 1 heterocycles. The first-order valence-corrected chi connectivity index (χ1v) is 5.46. The number of halogens is 1. The molecule has 1 aromatic carbocycles. The van der Waals surface area contributed by atoms with Gasteiger partial charge in [0.25, 0.3) is 0 Å². The Morgan fingerprint density at radius 3 is 2.56 bits per heavy atom. The Balaban J connectivity index is 0.00000128. The molecule has 0 saturated carbocycles. The second kappa shape index (κ2) is 5.77. The largest absolute Gasteiger partial charge is 1.00 e. The zero-order valence-corrected chi connectivity index (χ0v) is 10.9. The molecule has 84 valence electrons. The van der Waals surface area contributed by atoms with Crippen molar-refractivity contribution in [3.8, 4) is 0 Å². The van der Waals surface area contributed by atoms with Crippen molar-refractivity contribution >= 4 is 22.3 Å². The number of nitrogens with zero attached hydrogens (tertiary/aromatic N) is 1. The number of nitrogens with two attached hydrogens (primary N) is 1. The second-order valence-electron chi connectivity index (χ2n) is 3.16. The molecule has 0 bridgehead atoms. The van der Waals surface area contributed by atoms with E-state index in [4.69, 9.17) is 5.73 Å². The minimum atomic E-state index is 0. The van der Waals surface area contributed by atoms with E-state index < -0.39 is 0 Å². The van der Waals surface area contributed by atoms with E-state index in [9.17, 15) is 4.79 Å². The van der Waals surface area contributed by atoms with Crippen molar-refractivity contribution < 1.29 is 26.3 Å².